The average Bonchev–Trinajstić information content (AvgIpc) is 2.58. The van der Waals surface area contributed by atoms with Crippen molar-refractivity contribution in [3.63, 3.8) is 0 Å². The first-order chi connectivity index (χ1) is 10.8. The van der Waals surface area contributed by atoms with Crippen molar-refractivity contribution in [1.29, 1.82) is 0 Å². The molecule has 4 nitrogen and oxygen atoms in total. The van der Waals surface area contributed by atoms with Crippen LogP contribution in [0.5, 0.6) is 11.5 Å². The van der Waals surface area contributed by atoms with Crippen LogP contribution in [0.1, 0.15) is 11.1 Å². The van der Waals surface area contributed by atoms with Crippen molar-refractivity contribution in [1.82, 2.24) is 0 Å². The Kier molecular flexibility index (Phi) is 6.74. The lowest BCUT2D eigenvalue weighted by Gasteiger charge is -2.12. The first-order valence-electron chi connectivity index (χ1n) is 7.24. The molecule has 0 atom stereocenters. The van der Waals surface area contributed by atoms with Crippen LogP contribution in [-0.4, -0.2) is 27.4 Å². The van der Waals surface area contributed by atoms with E-state index in [1.807, 2.05) is 48.5 Å². The van der Waals surface area contributed by atoms with Crippen LogP contribution in [0.15, 0.2) is 48.5 Å². The second kappa shape index (κ2) is 9.07. The lowest BCUT2D eigenvalue weighted by atomic mass is 10.2. The van der Waals surface area contributed by atoms with E-state index in [9.17, 15) is 0 Å². The van der Waals surface area contributed by atoms with Crippen molar-refractivity contribution in [3.05, 3.63) is 59.7 Å². The van der Waals surface area contributed by atoms with Gasteiger partial charge < -0.3 is 18.9 Å². The highest BCUT2D eigenvalue weighted by atomic mass is 16.5. The summed E-state index contributed by atoms with van der Waals surface area (Å²) < 4.78 is 21.7. The summed E-state index contributed by atoms with van der Waals surface area (Å²) >= 11 is 0. The zero-order chi connectivity index (χ0) is 15.6. The Morgan fingerprint density at radius 2 is 1.59 bits per heavy atom. The molecule has 0 amide bonds. The van der Waals surface area contributed by atoms with Crippen LogP contribution in [0.25, 0.3) is 0 Å². The summed E-state index contributed by atoms with van der Waals surface area (Å²) in [7, 11) is 3.30. The minimum absolute atomic E-state index is 0.515. The van der Waals surface area contributed by atoms with Crippen molar-refractivity contribution >= 4 is 0 Å². The van der Waals surface area contributed by atoms with Gasteiger partial charge in [-0.3, -0.25) is 0 Å². The molecular formula is C18H22O4. The van der Waals surface area contributed by atoms with E-state index < -0.39 is 0 Å². The Labute approximate surface area is 131 Å². The zero-order valence-corrected chi connectivity index (χ0v) is 13.1. The van der Waals surface area contributed by atoms with Crippen molar-refractivity contribution < 1.29 is 18.9 Å². The summed E-state index contributed by atoms with van der Waals surface area (Å²) in [6.45, 7) is 2.21. The number of ether oxygens (including phenoxy) is 4. The molecule has 0 saturated heterocycles. The maximum Gasteiger partial charge on any atom is 0.161 e. The van der Waals surface area contributed by atoms with Crippen molar-refractivity contribution in [2.24, 2.45) is 0 Å². The van der Waals surface area contributed by atoms with Crippen LogP contribution < -0.4 is 9.47 Å². The zero-order valence-electron chi connectivity index (χ0n) is 13.1. The van der Waals surface area contributed by atoms with E-state index in [1.165, 1.54) is 0 Å². The van der Waals surface area contributed by atoms with E-state index in [4.69, 9.17) is 18.9 Å². The molecule has 0 aliphatic rings. The minimum Gasteiger partial charge on any atom is -0.493 e. The molecule has 0 aliphatic heterocycles. The van der Waals surface area contributed by atoms with E-state index >= 15 is 0 Å². The van der Waals surface area contributed by atoms with Gasteiger partial charge in [0.25, 0.3) is 0 Å². The van der Waals surface area contributed by atoms with Crippen LogP contribution in [0.4, 0.5) is 0 Å². The van der Waals surface area contributed by atoms with Gasteiger partial charge >= 0.3 is 0 Å². The second-order valence-electron chi connectivity index (χ2n) is 4.80. The lowest BCUT2D eigenvalue weighted by Crippen LogP contribution is -2.02. The molecule has 0 aliphatic carbocycles. The van der Waals surface area contributed by atoms with Gasteiger partial charge in [0.05, 0.1) is 26.9 Å². The predicted octanol–water partition coefficient (Wildman–Crippen LogP) is 3.44. The molecule has 2 rings (SSSR count). The molecule has 0 heterocycles. The molecule has 2 aromatic carbocycles. The van der Waals surface area contributed by atoms with Crippen LogP contribution in [0.3, 0.4) is 0 Å². The van der Waals surface area contributed by atoms with Gasteiger partial charge in [0, 0.05) is 7.11 Å². The van der Waals surface area contributed by atoms with E-state index in [2.05, 4.69) is 0 Å². The third kappa shape index (κ3) is 5.06. The van der Waals surface area contributed by atoms with Crippen LogP contribution >= 0.6 is 0 Å². The summed E-state index contributed by atoms with van der Waals surface area (Å²) in [4.78, 5) is 0. The van der Waals surface area contributed by atoms with Gasteiger partial charge in [-0.05, 0) is 23.3 Å². The van der Waals surface area contributed by atoms with E-state index in [-0.39, 0.29) is 0 Å². The Hall–Kier alpha value is -2.04. The first-order valence-corrected chi connectivity index (χ1v) is 7.24. The Morgan fingerprint density at radius 1 is 0.773 bits per heavy atom. The number of benzene rings is 2. The van der Waals surface area contributed by atoms with Crippen LogP contribution in [0.2, 0.25) is 0 Å². The topological polar surface area (TPSA) is 36.9 Å². The molecule has 118 valence electrons. The number of methoxy groups -OCH3 is 2. The van der Waals surface area contributed by atoms with Crippen LogP contribution in [0, 0.1) is 0 Å². The Morgan fingerprint density at radius 3 is 2.32 bits per heavy atom. The third-order valence-corrected chi connectivity index (χ3v) is 3.17. The molecule has 4 heteroatoms. The maximum absolute atomic E-state index is 5.83. The Balaban J connectivity index is 1.93. The first kappa shape index (κ1) is 16.3. The number of hydrogen-bond acceptors (Lipinski definition) is 4. The van der Waals surface area contributed by atoms with E-state index in [0.29, 0.717) is 32.2 Å². The summed E-state index contributed by atoms with van der Waals surface area (Å²) in [5.74, 6) is 1.44. The van der Waals surface area contributed by atoms with E-state index in [0.717, 1.165) is 16.9 Å². The van der Waals surface area contributed by atoms with Gasteiger partial charge in [0.2, 0.25) is 0 Å². The quantitative estimate of drug-likeness (QED) is 0.665. The summed E-state index contributed by atoms with van der Waals surface area (Å²) in [6, 6.07) is 15.9. The molecule has 0 N–H and O–H groups in total. The normalized spacial score (nSPS) is 10.5. The standard InChI is InChI=1S/C18H22O4/c1-19-10-11-21-13-16-8-9-17(18(12-16)20-2)22-14-15-6-4-3-5-7-15/h3-9,12H,10-11,13-14H2,1-2H3. The molecule has 0 bridgehead atoms. The highest BCUT2D eigenvalue weighted by Gasteiger charge is 2.06. The Bertz CT molecular complexity index is 554. The second-order valence-corrected chi connectivity index (χ2v) is 4.80. The summed E-state index contributed by atoms with van der Waals surface area (Å²) in [5.41, 5.74) is 2.16. The lowest BCUT2D eigenvalue weighted by molar-refractivity contribution is 0.0615. The van der Waals surface area contributed by atoms with Crippen molar-refractivity contribution in [3.8, 4) is 11.5 Å². The molecular weight excluding hydrogens is 280 g/mol. The fourth-order valence-corrected chi connectivity index (χ4v) is 1.99. The third-order valence-electron chi connectivity index (χ3n) is 3.17. The molecule has 0 saturated carbocycles. The smallest absolute Gasteiger partial charge is 0.161 e. The fraction of sp³-hybridized carbons (Fsp3) is 0.333. The molecule has 0 aromatic heterocycles. The van der Waals surface area contributed by atoms with Crippen LogP contribution in [-0.2, 0) is 22.7 Å². The average molecular weight is 302 g/mol. The predicted molar refractivity (Wildman–Crippen MR) is 85.3 cm³/mol. The SMILES string of the molecule is COCCOCc1ccc(OCc2ccccc2)c(OC)c1. The minimum atomic E-state index is 0.515. The van der Waals surface area contributed by atoms with Crippen molar-refractivity contribution in [2.45, 2.75) is 13.2 Å². The molecule has 0 unspecified atom stereocenters. The molecule has 22 heavy (non-hydrogen) atoms. The van der Waals surface area contributed by atoms with Gasteiger partial charge in [-0.2, -0.15) is 0 Å². The van der Waals surface area contributed by atoms with Gasteiger partial charge in [-0.15, -0.1) is 0 Å². The van der Waals surface area contributed by atoms with Gasteiger partial charge in [0.15, 0.2) is 11.5 Å². The van der Waals surface area contributed by atoms with Gasteiger partial charge in [0.1, 0.15) is 6.61 Å². The monoisotopic (exact) mass is 302 g/mol. The van der Waals surface area contributed by atoms with Crippen molar-refractivity contribution in [2.75, 3.05) is 27.4 Å². The number of hydrogen-bond donors (Lipinski definition) is 0. The highest BCUT2D eigenvalue weighted by molar-refractivity contribution is 5.43. The maximum atomic E-state index is 5.83. The largest absolute Gasteiger partial charge is 0.493 e. The molecule has 0 radical (unpaired) electrons. The summed E-state index contributed by atoms with van der Waals surface area (Å²) in [6.07, 6.45) is 0. The highest BCUT2D eigenvalue weighted by Crippen LogP contribution is 2.29. The van der Waals surface area contributed by atoms with E-state index in [1.54, 1.807) is 14.2 Å². The molecule has 0 fully saturated rings. The molecule has 0 spiro atoms. The fourth-order valence-electron chi connectivity index (χ4n) is 1.99. The van der Waals surface area contributed by atoms with Gasteiger partial charge in [-0.1, -0.05) is 36.4 Å². The summed E-state index contributed by atoms with van der Waals surface area (Å²) in [5, 5.41) is 0. The number of rotatable bonds is 9. The molecule has 2 aromatic rings. The van der Waals surface area contributed by atoms with Gasteiger partial charge in [-0.25, -0.2) is 0 Å².